The van der Waals surface area contributed by atoms with Gasteiger partial charge < -0.3 is 14.9 Å². The molecular weight excluding hydrogens is 332 g/mol. The summed E-state index contributed by atoms with van der Waals surface area (Å²) in [5.74, 6) is 2.91. The fourth-order valence-corrected chi connectivity index (χ4v) is 4.78. The zero-order chi connectivity index (χ0) is 19.1. The standard InChI is InChI=1S/C24H36N2O/c1-3-5-14-25-15-17-26(18-16-25)20-23(24(27)12-7-6-8-13-24)22-11-9-10-21(4-2)19-22/h2,9-11,19,23,27H,3,5-8,12-18,20H2,1H3. The quantitative estimate of drug-likeness (QED) is 0.740. The molecule has 1 saturated heterocycles. The second-order valence-electron chi connectivity index (χ2n) is 8.48. The summed E-state index contributed by atoms with van der Waals surface area (Å²) in [7, 11) is 0. The molecule has 1 heterocycles. The van der Waals surface area contributed by atoms with Crippen LogP contribution in [0.4, 0.5) is 0 Å². The second kappa shape index (κ2) is 9.73. The fourth-order valence-electron chi connectivity index (χ4n) is 4.78. The van der Waals surface area contributed by atoms with Crippen LogP contribution in [0.5, 0.6) is 0 Å². The maximum atomic E-state index is 11.6. The van der Waals surface area contributed by atoms with E-state index in [4.69, 9.17) is 6.42 Å². The molecule has 1 atom stereocenters. The average molecular weight is 369 g/mol. The SMILES string of the molecule is C#Cc1cccc(C(CN2CCN(CCCC)CC2)C2(O)CCCCC2)c1. The summed E-state index contributed by atoms with van der Waals surface area (Å²) in [6.45, 7) is 8.92. The van der Waals surface area contributed by atoms with Gasteiger partial charge in [0.15, 0.2) is 0 Å². The average Bonchev–Trinajstić information content (AvgIpc) is 2.72. The first kappa shape index (κ1) is 20.4. The van der Waals surface area contributed by atoms with Crippen molar-refractivity contribution in [3.05, 3.63) is 35.4 Å². The van der Waals surface area contributed by atoms with Crippen LogP contribution in [-0.2, 0) is 0 Å². The number of piperazine rings is 1. The molecule has 1 aliphatic carbocycles. The molecule has 0 amide bonds. The Bertz CT molecular complexity index is 622. The lowest BCUT2D eigenvalue weighted by Crippen LogP contribution is -2.51. The van der Waals surface area contributed by atoms with Crippen LogP contribution in [-0.4, -0.2) is 59.8 Å². The molecule has 1 N–H and O–H groups in total. The molecule has 3 nitrogen and oxygen atoms in total. The van der Waals surface area contributed by atoms with E-state index in [1.54, 1.807) is 0 Å². The molecule has 1 saturated carbocycles. The van der Waals surface area contributed by atoms with Gasteiger partial charge in [0.05, 0.1) is 5.60 Å². The Morgan fingerprint density at radius 2 is 1.81 bits per heavy atom. The Morgan fingerprint density at radius 3 is 2.48 bits per heavy atom. The van der Waals surface area contributed by atoms with Crippen LogP contribution in [0.15, 0.2) is 24.3 Å². The zero-order valence-electron chi connectivity index (χ0n) is 17.0. The lowest BCUT2D eigenvalue weighted by molar-refractivity contribution is -0.0342. The smallest absolute Gasteiger partial charge is 0.0728 e. The monoisotopic (exact) mass is 368 g/mol. The number of rotatable bonds is 7. The molecule has 0 bridgehead atoms. The van der Waals surface area contributed by atoms with E-state index >= 15 is 0 Å². The first-order valence-corrected chi connectivity index (χ1v) is 10.9. The predicted molar refractivity (Wildman–Crippen MR) is 113 cm³/mol. The van der Waals surface area contributed by atoms with E-state index in [2.05, 4.69) is 34.8 Å². The van der Waals surface area contributed by atoms with E-state index < -0.39 is 5.60 Å². The van der Waals surface area contributed by atoms with Gasteiger partial charge in [-0.1, -0.05) is 50.7 Å². The van der Waals surface area contributed by atoms with Crippen molar-refractivity contribution in [3.8, 4) is 12.3 Å². The van der Waals surface area contributed by atoms with Crippen LogP contribution in [0, 0.1) is 12.3 Å². The summed E-state index contributed by atoms with van der Waals surface area (Å²) >= 11 is 0. The van der Waals surface area contributed by atoms with E-state index in [9.17, 15) is 5.11 Å². The van der Waals surface area contributed by atoms with Crippen LogP contribution in [0.3, 0.4) is 0 Å². The van der Waals surface area contributed by atoms with Crippen LogP contribution in [0.25, 0.3) is 0 Å². The Morgan fingerprint density at radius 1 is 1.11 bits per heavy atom. The summed E-state index contributed by atoms with van der Waals surface area (Å²) in [6, 6.07) is 8.31. The highest BCUT2D eigenvalue weighted by Gasteiger charge is 2.39. The van der Waals surface area contributed by atoms with Crippen LogP contribution >= 0.6 is 0 Å². The van der Waals surface area contributed by atoms with Crippen molar-refractivity contribution < 1.29 is 5.11 Å². The molecule has 0 aromatic heterocycles. The van der Waals surface area contributed by atoms with E-state index in [0.29, 0.717) is 0 Å². The summed E-state index contributed by atoms with van der Waals surface area (Å²) in [6.07, 6.45) is 13.5. The van der Waals surface area contributed by atoms with Crippen molar-refractivity contribution in [2.24, 2.45) is 0 Å². The van der Waals surface area contributed by atoms with Crippen molar-refractivity contribution in [2.75, 3.05) is 39.3 Å². The Kier molecular flexibility index (Phi) is 7.35. The van der Waals surface area contributed by atoms with Crippen molar-refractivity contribution in [1.29, 1.82) is 0 Å². The van der Waals surface area contributed by atoms with Crippen LogP contribution < -0.4 is 0 Å². The maximum Gasteiger partial charge on any atom is 0.0728 e. The zero-order valence-corrected chi connectivity index (χ0v) is 17.0. The first-order chi connectivity index (χ1) is 13.1. The minimum atomic E-state index is -0.592. The molecule has 1 unspecified atom stereocenters. The van der Waals surface area contributed by atoms with Crippen molar-refractivity contribution >= 4 is 0 Å². The van der Waals surface area contributed by atoms with Gasteiger partial charge in [-0.3, -0.25) is 0 Å². The van der Waals surface area contributed by atoms with Gasteiger partial charge >= 0.3 is 0 Å². The van der Waals surface area contributed by atoms with Crippen molar-refractivity contribution in [1.82, 2.24) is 9.80 Å². The lowest BCUT2D eigenvalue weighted by atomic mass is 9.72. The third-order valence-electron chi connectivity index (χ3n) is 6.56. The highest BCUT2D eigenvalue weighted by Crippen LogP contribution is 2.40. The first-order valence-electron chi connectivity index (χ1n) is 10.9. The van der Waals surface area contributed by atoms with Gasteiger partial charge in [-0.15, -0.1) is 6.42 Å². The topological polar surface area (TPSA) is 26.7 Å². The largest absolute Gasteiger partial charge is 0.389 e. The maximum absolute atomic E-state index is 11.6. The normalized spacial score (nSPS) is 22.3. The molecule has 1 aromatic rings. The Hall–Kier alpha value is -1.34. The van der Waals surface area contributed by atoms with Gasteiger partial charge in [0.2, 0.25) is 0 Å². The number of unbranched alkanes of at least 4 members (excludes halogenated alkanes) is 1. The summed E-state index contributed by atoms with van der Waals surface area (Å²) in [5, 5.41) is 11.6. The summed E-state index contributed by atoms with van der Waals surface area (Å²) in [4.78, 5) is 5.14. The Labute approximate surface area is 165 Å². The minimum absolute atomic E-state index is 0.147. The molecule has 0 spiro atoms. The van der Waals surface area contributed by atoms with Gasteiger partial charge in [-0.2, -0.15) is 0 Å². The van der Waals surface area contributed by atoms with Gasteiger partial charge in [-0.05, 0) is 43.5 Å². The molecule has 1 aliphatic heterocycles. The van der Waals surface area contributed by atoms with Crippen molar-refractivity contribution in [2.45, 2.75) is 63.4 Å². The minimum Gasteiger partial charge on any atom is -0.389 e. The van der Waals surface area contributed by atoms with Crippen molar-refractivity contribution in [3.63, 3.8) is 0 Å². The number of nitrogens with zero attached hydrogens (tertiary/aromatic N) is 2. The number of aliphatic hydroxyl groups is 1. The fraction of sp³-hybridized carbons (Fsp3) is 0.667. The highest BCUT2D eigenvalue weighted by atomic mass is 16.3. The molecule has 3 rings (SSSR count). The van der Waals surface area contributed by atoms with Gasteiger partial charge in [-0.25, -0.2) is 0 Å². The third-order valence-corrected chi connectivity index (χ3v) is 6.56. The molecule has 2 aliphatic rings. The van der Waals surface area contributed by atoms with Crippen LogP contribution in [0.1, 0.15) is 68.9 Å². The number of benzene rings is 1. The molecular formula is C24H36N2O. The second-order valence-corrected chi connectivity index (χ2v) is 8.48. The number of hydrogen-bond acceptors (Lipinski definition) is 3. The number of hydrogen-bond donors (Lipinski definition) is 1. The summed E-state index contributed by atoms with van der Waals surface area (Å²) < 4.78 is 0. The third kappa shape index (κ3) is 5.35. The van der Waals surface area contributed by atoms with Gasteiger partial charge in [0, 0.05) is 44.2 Å². The predicted octanol–water partition coefficient (Wildman–Crippen LogP) is 3.86. The van der Waals surface area contributed by atoms with E-state index in [1.165, 1.54) is 31.4 Å². The number of terminal acetylenes is 1. The molecule has 3 heteroatoms. The Balaban J connectivity index is 1.72. The van der Waals surface area contributed by atoms with Gasteiger partial charge in [0.25, 0.3) is 0 Å². The van der Waals surface area contributed by atoms with E-state index in [0.717, 1.165) is 64.0 Å². The summed E-state index contributed by atoms with van der Waals surface area (Å²) in [5.41, 5.74) is 1.54. The molecule has 2 fully saturated rings. The van der Waals surface area contributed by atoms with E-state index in [-0.39, 0.29) is 5.92 Å². The molecule has 148 valence electrons. The van der Waals surface area contributed by atoms with Gasteiger partial charge in [0.1, 0.15) is 0 Å². The van der Waals surface area contributed by atoms with E-state index in [1.807, 2.05) is 12.1 Å². The lowest BCUT2D eigenvalue weighted by Gasteiger charge is -2.43. The van der Waals surface area contributed by atoms with Crippen LogP contribution in [0.2, 0.25) is 0 Å². The highest BCUT2D eigenvalue weighted by molar-refractivity contribution is 5.38. The molecule has 27 heavy (non-hydrogen) atoms. The molecule has 1 aromatic carbocycles. The molecule has 0 radical (unpaired) electrons.